The van der Waals surface area contributed by atoms with Crippen LogP contribution in [0.3, 0.4) is 0 Å². The second-order valence-electron chi connectivity index (χ2n) is 3.79. The molecule has 0 spiro atoms. The Kier molecular flexibility index (Phi) is 11.4. The molecule has 0 aromatic carbocycles. The number of ether oxygens (including phenoxy) is 1. The fourth-order valence-electron chi connectivity index (χ4n) is 0.640. The first-order valence-electron chi connectivity index (χ1n) is 5.35. The Bertz CT molecular complexity index is 409. The molecule has 136 valence electrons. The Morgan fingerprint density at radius 1 is 0.909 bits per heavy atom. The molecule has 0 aromatic heterocycles. The molecule has 0 aliphatic carbocycles. The van der Waals surface area contributed by atoms with Crippen molar-refractivity contribution in [2.45, 2.75) is 26.1 Å². The summed E-state index contributed by atoms with van der Waals surface area (Å²) in [6.45, 7) is 3.70. The van der Waals surface area contributed by atoms with Crippen molar-refractivity contribution in [2.75, 3.05) is 13.2 Å². The van der Waals surface area contributed by atoms with Crippen molar-refractivity contribution in [3.8, 4) is 0 Å². The summed E-state index contributed by atoms with van der Waals surface area (Å²) in [5.74, 6) is 0. The maximum Gasteiger partial charge on any atom is 0.490 e. The lowest BCUT2D eigenvalue weighted by Crippen LogP contribution is -2.19. The van der Waals surface area contributed by atoms with Crippen molar-refractivity contribution in [3.05, 3.63) is 0 Å². The number of aliphatic hydroxyl groups is 2. The van der Waals surface area contributed by atoms with Gasteiger partial charge in [0, 0.05) is 0 Å². The molecule has 0 amide bonds. The summed E-state index contributed by atoms with van der Waals surface area (Å²) in [4.78, 5) is 40.2. The molecule has 0 heterocycles. The maximum absolute atomic E-state index is 10.4. The van der Waals surface area contributed by atoms with Crippen LogP contribution in [-0.4, -0.2) is 60.1 Å². The van der Waals surface area contributed by atoms with Crippen LogP contribution in [0.4, 0.5) is 0 Å². The lowest BCUT2D eigenvalue weighted by molar-refractivity contribution is -0.0177. The summed E-state index contributed by atoms with van der Waals surface area (Å²) < 4.78 is 41.3. The summed E-state index contributed by atoms with van der Waals surface area (Å²) in [7, 11) is -16.2. The highest BCUT2D eigenvalue weighted by molar-refractivity contribution is 7.66. The number of aliphatic hydroxyl groups excluding tert-OH is 2. The molecule has 0 aliphatic rings. The first-order chi connectivity index (χ1) is 9.58. The summed E-state index contributed by atoms with van der Waals surface area (Å²) in [5.41, 5.74) is 0. The Morgan fingerprint density at radius 3 is 1.50 bits per heavy atom. The average molecular weight is 392 g/mol. The third-order valence-corrected chi connectivity index (χ3v) is 4.65. The molecule has 0 radical (unpaired) electrons. The van der Waals surface area contributed by atoms with Crippen LogP contribution in [-0.2, 0) is 27.1 Å². The van der Waals surface area contributed by atoms with Crippen molar-refractivity contribution >= 4 is 23.5 Å². The van der Waals surface area contributed by atoms with E-state index in [-0.39, 0.29) is 12.7 Å². The zero-order chi connectivity index (χ0) is 18.2. The fraction of sp³-hybridized carbons (Fsp3) is 1.00. The van der Waals surface area contributed by atoms with Gasteiger partial charge >= 0.3 is 23.5 Å². The maximum atomic E-state index is 10.4. The largest absolute Gasteiger partial charge is 0.490 e. The predicted octanol–water partition coefficient (Wildman–Crippen LogP) is -0.930. The number of hydrogen-bond acceptors (Lipinski definition) is 8. The zero-order valence-corrected chi connectivity index (χ0v) is 14.2. The molecule has 0 aromatic rings. The first kappa shape index (κ1) is 24.5. The van der Waals surface area contributed by atoms with Gasteiger partial charge in [0.2, 0.25) is 0 Å². The average Bonchev–Trinajstić information content (AvgIpc) is 2.19. The van der Waals surface area contributed by atoms with Crippen molar-refractivity contribution in [3.63, 3.8) is 0 Å². The van der Waals surface area contributed by atoms with E-state index >= 15 is 0 Å². The highest BCUT2D eigenvalue weighted by Gasteiger charge is 2.38. The van der Waals surface area contributed by atoms with Crippen LogP contribution in [0.1, 0.15) is 13.8 Å². The monoisotopic (exact) mass is 392 g/mol. The Labute approximate surface area is 125 Å². The van der Waals surface area contributed by atoms with Crippen LogP contribution >= 0.6 is 23.5 Å². The molecule has 22 heavy (non-hydrogen) atoms. The van der Waals surface area contributed by atoms with E-state index in [1.54, 1.807) is 13.8 Å². The lowest BCUT2D eigenvalue weighted by atomic mass is 10.4. The summed E-state index contributed by atoms with van der Waals surface area (Å²) in [5, 5.41) is 17.1. The molecule has 0 saturated carbocycles. The number of phosphoric acid groups is 3. The number of rotatable bonds is 8. The molecule has 0 aliphatic heterocycles. The Morgan fingerprint density at radius 2 is 1.27 bits per heavy atom. The van der Waals surface area contributed by atoms with Gasteiger partial charge in [-0.3, -0.25) is 0 Å². The highest BCUT2D eigenvalue weighted by Crippen LogP contribution is 2.64. The minimum atomic E-state index is -5.46. The summed E-state index contributed by atoms with van der Waals surface area (Å²) in [6.07, 6.45) is -0.612. The van der Waals surface area contributed by atoms with Gasteiger partial charge in [0.25, 0.3) is 0 Å². The molecule has 7 N–H and O–H groups in total. The van der Waals surface area contributed by atoms with E-state index in [2.05, 4.69) is 8.62 Å². The van der Waals surface area contributed by atoms with Crippen LogP contribution in [0, 0.1) is 0 Å². The van der Waals surface area contributed by atoms with Crippen molar-refractivity contribution in [1.82, 2.24) is 0 Å². The molecule has 16 heteroatoms. The van der Waals surface area contributed by atoms with Crippen LogP contribution in [0.5, 0.6) is 0 Å². The van der Waals surface area contributed by atoms with Crippen LogP contribution in [0.2, 0.25) is 0 Å². The highest BCUT2D eigenvalue weighted by atomic mass is 31.3. The van der Waals surface area contributed by atoms with Crippen molar-refractivity contribution < 1.29 is 61.7 Å². The molecular weight excluding hydrogens is 373 g/mol. The van der Waals surface area contributed by atoms with Crippen molar-refractivity contribution in [2.24, 2.45) is 0 Å². The number of hydrogen-bond donors (Lipinski definition) is 7. The van der Waals surface area contributed by atoms with E-state index in [1.165, 1.54) is 0 Å². The molecule has 13 nitrogen and oxygen atoms in total. The molecule has 2 unspecified atom stereocenters. The SMILES string of the molecule is CC(O)COC(C)CO.O=P(O)(O)OP(=O)(O)OP(=O)(O)O. The fourth-order valence-corrected chi connectivity index (χ4v) is 3.18. The zero-order valence-electron chi connectivity index (χ0n) is 11.5. The molecule has 2 atom stereocenters. The van der Waals surface area contributed by atoms with E-state index < -0.39 is 29.6 Å². The lowest BCUT2D eigenvalue weighted by Gasteiger charge is -2.11. The second-order valence-corrected chi connectivity index (χ2v) is 7.99. The van der Waals surface area contributed by atoms with Gasteiger partial charge in [-0.1, -0.05) is 0 Å². The van der Waals surface area contributed by atoms with Crippen LogP contribution in [0.15, 0.2) is 0 Å². The smallest absolute Gasteiger partial charge is 0.394 e. The Balaban J connectivity index is 0. The van der Waals surface area contributed by atoms with Gasteiger partial charge in [-0.05, 0) is 13.8 Å². The molecule has 0 saturated heterocycles. The van der Waals surface area contributed by atoms with E-state index in [9.17, 15) is 13.7 Å². The van der Waals surface area contributed by atoms with E-state index in [1.807, 2.05) is 0 Å². The molecule has 0 fully saturated rings. The summed E-state index contributed by atoms with van der Waals surface area (Å²) >= 11 is 0. The van der Waals surface area contributed by atoms with Gasteiger partial charge in [0.05, 0.1) is 25.4 Å². The first-order valence-corrected chi connectivity index (χ1v) is 9.90. The minimum Gasteiger partial charge on any atom is -0.394 e. The standard InChI is InChI=1S/C6H14O3.H5O10P3/c1-5(8)4-9-6(2)3-7;1-11(2,3)9-13(7,8)10-12(4,5)6/h5-8H,3-4H2,1-2H3;(H,7,8)(H2,1,2,3)(H2,4,5,6). The topological polar surface area (TPSA) is 221 Å². The third kappa shape index (κ3) is 20.3. The predicted molar refractivity (Wildman–Crippen MR) is 70.3 cm³/mol. The second kappa shape index (κ2) is 10.2. The molecular formula is C6H19O13P3. The third-order valence-electron chi connectivity index (χ3n) is 1.30. The van der Waals surface area contributed by atoms with Crippen molar-refractivity contribution in [1.29, 1.82) is 0 Å². The van der Waals surface area contributed by atoms with Gasteiger partial charge in [0.1, 0.15) is 0 Å². The van der Waals surface area contributed by atoms with Gasteiger partial charge in [-0.25, -0.2) is 13.7 Å². The van der Waals surface area contributed by atoms with Crippen LogP contribution in [0.25, 0.3) is 0 Å². The van der Waals surface area contributed by atoms with E-state index in [0.29, 0.717) is 6.61 Å². The van der Waals surface area contributed by atoms with Crippen LogP contribution < -0.4 is 0 Å². The normalized spacial score (nSPS) is 15.7. The van der Waals surface area contributed by atoms with E-state index in [0.717, 1.165) is 0 Å². The minimum absolute atomic E-state index is 0.00667. The Hall–Kier alpha value is 0.290. The molecule has 0 rings (SSSR count). The van der Waals surface area contributed by atoms with Gasteiger partial charge in [-0.2, -0.15) is 8.62 Å². The summed E-state index contributed by atoms with van der Waals surface area (Å²) in [6, 6.07) is 0. The van der Waals surface area contributed by atoms with Gasteiger partial charge < -0.3 is 39.4 Å². The quantitative estimate of drug-likeness (QED) is 0.248. The molecule has 0 bridgehead atoms. The van der Waals surface area contributed by atoms with Gasteiger partial charge in [-0.15, -0.1) is 0 Å². The van der Waals surface area contributed by atoms with E-state index in [4.69, 9.17) is 39.4 Å². The van der Waals surface area contributed by atoms with Gasteiger partial charge in [0.15, 0.2) is 0 Å².